The minimum Gasteiger partial charge on any atom is -0.346 e. The smallest absolute Gasteiger partial charge is 0.251 e. The molecule has 6 heteroatoms. The third-order valence-electron chi connectivity index (χ3n) is 3.24. The van der Waals surface area contributed by atoms with Crippen LogP contribution in [0.15, 0.2) is 42.5 Å². The van der Waals surface area contributed by atoms with Crippen molar-refractivity contribution in [3.05, 3.63) is 63.6 Å². The van der Waals surface area contributed by atoms with Crippen molar-refractivity contribution in [2.24, 2.45) is 0 Å². The van der Waals surface area contributed by atoms with Gasteiger partial charge in [0.25, 0.3) is 5.91 Å². The molecule has 2 amide bonds. The molecule has 0 spiro atoms. The van der Waals surface area contributed by atoms with E-state index in [-0.39, 0.29) is 17.9 Å². The number of nitrogens with one attached hydrogen (secondary N) is 2. The highest BCUT2D eigenvalue weighted by Crippen LogP contribution is 2.25. The van der Waals surface area contributed by atoms with Gasteiger partial charge in [0, 0.05) is 18.2 Å². The summed E-state index contributed by atoms with van der Waals surface area (Å²) in [5.41, 5.74) is 1.89. The molecule has 2 aromatic carbocycles. The summed E-state index contributed by atoms with van der Waals surface area (Å²) in [6.07, 6.45) is 0. The standard InChI is InChI=1S/C17H16Cl2N2O2/c1-10(12-6-7-15(18)16(19)9-12)20-17(23)13-4-3-5-14(8-13)21-11(2)22/h3-10H,1-2H3,(H,20,23)(H,21,22). The van der Waals surface area contributed by atoms with Gasteiger partial charge in [-0.2, -0.15) is 0 Å². The maximum absolute atomic E-state index is 12.3. The molecule has 0 radical (unpaired) electrons. The van der Waals surface area contributed by atoms with Crippen molar-refractivity contribution >= 4 is 40.7 Å². The molecule has 0 aromatic heterocycles. The Morgan fingerprint density at radius 3 is 2.43 bits per heavy atom. The van der Waals surface area contributed by atoms with Gasteiger partial charge in [0.2, 0.25) is 5.91 Å². The molecule has 0 saturated carbocycles. The van der Waals surface area contributed by atoms with Gasteiger partial charge in [-0.1, -0.05) is 35.3 Å². The summed E-state index contributed by atoms with van der Waals surface area (Å²) < 4.78 is 0. The molecule has 0 aliphatic rings. The Hall–Kier alpha value is -2.04. The van der Waals surface area contributed by atoms with E-state index in [9.17, 15) is 9.59 Å². The van der Waals surface area contributed by atoms with Gasteiger partial charge in [-0.3, -0.25) is 9.59 Å². The zero-order valence-electron chi connectivity index (χ0n) is 12.7. The lowest BCUT2D eigenvalue weighted by Crippen LogP contribution is -2.26. The van der Waals surface area contributed by atoms with Crippen LogP contribution in [-0.2, 0) is 4.79 Å². The van der Waals surface area contributed by atoms with Gasteiger partial charge in [-0.25, -0.2) is 0 Å². The number of anilines is 1. The Balaban J connectivity index is 2.11. The van der Waals surface area contributed by atoms with Gasteiger partial charge >= 0.3 is 0 Å². The van der Waals surface area contributed by atoms with Crippen LogP contribution in [0.2, 0.25) is 10.0 Å². The first-order valence-electron chi connectivity index (χ1n) is 7.00. The number of amides is 2. The highest BCUT2D eigenvalue weighted by atomic mass is 35.5. The summed E-state index contributed by atoms with van der Waals surface area (Å²) in [5.74, 6) is -0.428. The summed E-state index contributed by atoms with van der Waals surface area (Å²) in [4.78, 5) is 23.4. The summed E-state index contributed by atoms with van der Waals surface area (Å²) in [5, 5.41) is 6.45. The second-order valence-corrected chi connectivity index (χ2v) is 5.95. The van der Waals surface area contributed by atoms with E-state index < -0.39 is 0 Å². The first-order chi connectivity index (χ1) is 10.9. The molecule has 1 unspecified atom stereocenters. The van der Waals surface area contributed by atoms with Gasteiger partial charge in [0.1, 0.15) is 0 Å². The Morgan fingerprint density at radius 1 is 1.04 bits per heavy atom. The van der Waals surface area contributed by atoms with Crippen LogP contribution in [0.1, 0.15) is 35.8 Å². The number of carbonyl (C=O) groups is 2. The SMILES string of the molecule is CC(=O)Nc1cccc(C(=O)NC(C)c2ccc(Cl)c(Cl)c2)c1. The predicted octanol–water partition coefficient (Wildman–Crippen LogP) is 4.44. The lowest BCUT2D eigenvalue weighted by Gasteiger charge is -2.15. The van der Waals surface area contributed by atoms with Crippen LogP contribution in [0.3, 0.4) is 0 Å². The van der Waals surface area contributed by atoms with E-state index in [2.05, 4.69) is 10.6 Å². The topological polar surface area (TPSA) is 58.2 Å². The molecule has 2 aromatic rings. The van der Waals surface area contributed by atoms with Gasteiger partial charge in [-0.15, -0.1) is 0 Å². The van der Waals surface area contributed by atoms with E-state index in [1.54, 1.807) is 36.4 Å². The summed E-state index contributed by atoms with van der Waals surface area (Å²) >= 11 is 11.9. The normalized spacial score (nSPS) is 11.7. The molecule has 0 bridgehead atoms. The van der Waals surface area contributed by atoms with Crippen LogP contribution in [0.4, 0.5) is 5.69 Å². The molecule has 0 fully saturated rings. The van der Waals surface area contributed by atoms with E-state index in [0.29, 0.717) is 21.3 Å². The van der Waals surface area contributed by atoms with Crippen LogP contribution < -0.4 is 10.6 Å². The molecule has 2 N–H and O–H groups in total. The average Bonchev–Trinajstić information content (AvgIpc) is 2.49. The van der Waals surface area contributed by atoms with Gasteiger partial charge < -0.3 is 10.6 Å². The molecule has 0 heterocycles. The van der Waals surface area contributed by atoms with Crippen molar-refractivity contribution in [1.82, 2.24) is 5.32 Å². The Morgan fingerprint density at radius 2 is 1.78 bits per heavy atom. The van der Waals surface area contributed by atoms with Gasteiger partial charge in [0.05, 0.1) is 16.1 Å². The van der Waals surface area contributed by atoms with Crippen LogP contribution in [-0.4, -0.2) is 11.8 Å². The van der Waals surface area contributed by atoms with Crippen molar-refractivity contribution in [2.45, 2.75) is 19.9 Å². The molecule has 4 nitrogen and oxygen atoms in total. The zero-order chi connectivity index (χ0) is 17.0. The average molecular weight is 351 g/mol. The molecule has 2 rings (SSSR count). The third-order valence-corrected chi connectivity index (χ3v) is 3.98. The van der Waals surface area contributed by atoms with Crippen LogP contribution in [0.25, 0.3) is 0 Å². The molecule has 0 aliphatic heterocycles. The van der Waals surface area contributed by atoms with E-state index in [0.717, 1.165) is 5.56 Å². The van der Waals surface area contributed by atoms with Crippen molar-refractivity contribution in [1.29, 1.82) is 0 Å². The summed E-state index contributed by atoms with van der Waals surface area (Å²) in [6, 6.07) is 11.7. The minimum absolute atomic E-state index is 0.188. The molecule has 0 aliphatic carbocycles. The number of carbonyl (C=O) groups excluding carboxylic acids is 2. The predicted molar refractivity (Wildman–Crippen MR) is 93.1 cm³/mol. The van der Waals surface area contributed by atoms with Crippen LogP contribution >= 0.6 is 23.2 Å². The fourth-order valence-corrected chi connectivity index (χ4v) is 2.39. The Kier molecular flexibility index (Phi) is 5.64. The van der Waals surface area contributed by atoms with E-state index in [1.165, 1.54) is 6.92 Å². The first-order valence-corrected chi connectivity index (χ1v) is 7.76. The summed E-state index contributed by atoms with van der Waals surface area (Å²) in [7, 11) is 0. The highest BCUT2D eigenvalue weighted by Gasteiger charge is 2.13. The van der Waals surface area contributed by atoms with Crippen LogP contribution in [0.5, 0.6) is 0 Å². The maximum Gasteiger partial charge on any atom is 0.251 e. The number of halogens is 2. The van der Waals surface area contributed by atoms with Gasteiger partial charge in [-0.05, 0) is 42.8 Å². The van der Waals surface area contributed by atoms with Gasteiger partial charge in [0.15, 0.2) is 0 Å². The third kappa shape index (κ3) is 4.71. The second-order valence-electron chi connectivity index (χ2n) is 5.13. The minimum atomic E-state index is -0.240. The first kappa shape index (κ1) is 17.3. The Bertz CT molecular complexity index is 747. The maximum atomic E-state index is 12.3. The number of hydrogen-bond acceptors (Lipinski definition) is 2. The fraction of sp³-hybridized carbons (Fsp3) is 0.176. The Labute approximate surface area is 144 Å². The van der Waals surface area contributed by atoms with Crippen molar-refractivity contribution in [3.63, 3.8) is 0 Å². The molecule has 1 atom stereocenters. The molecule has 23 heavy (non-hydrogen) atoms. The fourth-order valence-electron chi connectivity index (χ4n) is 2.09. The molecule has 0 saturated heterocycles. The lowest BCUT2D eigenvalue weighted by molar-refractivity contribution is -0.114. The van der Waals surface area contributed by atoms with Crippen molar-refractivity contribution < 1.29 is 9.59 Å². The monoisotopic (exact) mass is 350 g/mol. The number of rotatable bonds is 4. The number of hydrogen-bond donors (Lipinski definition) is 2. The molecular weight excluding hydrogens is 335 g/mol. The molecule has 120 valence electrons. The molecular formula is C17H16Cl2N2O2. The van der Waals surface area contributed by atoms with Crippen molar-refractivity contribution in [2.75, 3.05) is 5.32 Å². The van der Waals surface area contributed by atoms with Crippen LogP contribution in [0, 0.1) is 0 Å². The lowest BCUT2D eigenvalue weighted by atomic mass is 10.1. The quantitative estimate of drug-likeness (QED) is 0.855. The van der Waals surface area contributed by atoms with E-state index >= 15 is 0 Å². The largest absolute Gasteiger partial charge is 0.346 e. The second kappa shape index (κ2) is 7.49. The summed E-state index contributed by atoms with van der Waals surface area (Å²) in [6.45, 7) is 3.27. The van der Waals surface area contributed by atoms with Crippen molar-refractivity contribution in [3.8, 4) is 0 Å². The highest BCUT2D eigenvalue weighted by molar-refractivity contribution is 6.42. The van der Waals surface area contributed by atoms with E-state index in [4.69, 9.17) is 23.2 Å². The zero-order valence-corrected chi connectivity index (χ0v) is 14.2. The number of benzene rings is 2. The van der Waals surface area contributed by atoms with E-state index in [1.807, 2.05) is 13.0 Å².